The molecule has 1 aliphatic heterocycles. The van der Waals surface area contributed by atoms with Crippen LogP contribution in [-0.2, 0) is 17.8 Å². The van der Waals surface area contributed by atoms with E-state index in [2.05, 4.69) is 0 Å². The summed E-state index contributed by atoms with van der Waals surface area (Å²) in [5.74, 6) is -2.01. The Kier molecular flexibility index (Phi) is 3.28. The highest BCUT2D eigenvalue weighted by molar-refractivity contribution is 6.29. The Bertz CT molecular complexity index is 464. The first-order valence-electron chi connectivity index (χ1n) is 5.03. The van der Waals surface area contributed by atoms with Crippen LogP contribution in [0.2, 0.25) is 0 Å². The van der Waals surface area contributed by atoms with Crippen LogP contribution in [-0.4, -0.2) is 23.0 Å². The van der Waals surface area contributed by atoms with E-state index in [0.717, 1.165) is 17.0 Å². The van der Waals surface area contributed by atoms with Crippen molar-refractivity contribution < 1.29 is 18.0 Å². The van der Waals surface area contributed by atoms with Crippen LogP contribution in [0.25, 0.3) is 0 Å². The van der Waals surface area contributed by atoms with E-state index in [1.807, 2.05) is 0 Å². The highest BCUT2D eigenvalue weighted by Gasteiger charge is 2.28. The van der Waals surface area contributed by atoms with Crippen LogP contribution < -0.4 is 0 Å². The van der Waals surface area contributed by atoms with Crippen LogP contribution in [0, 0.1) is 11.6 Å². The van der Waals surface area contributed by atoms with E-state index in [1.165, 1.54) is 0 Å². The maximum Gasteiger partial charge on any atom is 0.273 e. The molecule has 1 amide bonds. The smallest absolute Gasteiger partial charge is 0.273 e. The highest BCUT2D eigenvalue weighted by Crippen LogP contribution is 2.25. The predicted octanol–water partition coefficient (Wildman–Crippen LogP) is 2.38. The Balaban J connectivity index is 2.30. The third-order valence-corrected chi connectivity index (χ3v) is 2.98. The zero-order valence-corrected chi connectivity index (χ0v) is 9.48. The SMILES string of the molecule is O=C(C(F)Cl)N1CCc2c(F)ccc(F)c2C1. The van der Waals surface area contributed by atoms with Gasteiger partial charge < -0.3 is 4.90 Å². The number of carbonyl (C=O) groups is 1. The van der Waals surface area contributed by atoms with Gasteiger partial charge in [0.2, 0.25) is 0 Å². The molecule has 2 nitrogen and oxygen atoms in total. The zero-order chi connectivity index (χ0) is 12.6. The minimum Gasteiger partial charge on any atom is -0.334 e. The number of amides is 1. The second kappa shape index (κ2) is 4.56. The number of nitrogens with zero attached hydrogens (tertiary/aromatic N) is 1. The van der Waals surface area contributed by atoms with Gasteiger partial charge in [-0.05, 0) is 24.1 Å². The summed E-state index contributed by atoms with van der Waals surface area (Å²) in [4.78, 5) is 12.4. The summed E-state index contributed by atoms with van der Waals surface area (Å²) in [7, 11) is 0. The maximum atomic E-state index is 13.5. The Morgan fingerprint density at radius 1 is 1.29 bits per heavy atom. The van der Waals surface area contributed by atoms with E-state index in [4.69, 9.17) is 11.6 Å². The molecule has 1 aromatic rings. The third-order valence-electron chi connectivity index (χ3n) is 2.80. The van der Waals surface area contributed by atoms with Gasteiger partial charge in [-0.15, -0.1) is 0 Å². The van der Waals surface area contributed by atoms with Gasteiger partial charge in [0, 0.05) is 18.7 Å². The van der Waals surface area contributed by atoms with Crippen molar-refractivity contribution in [1.29, 1.82) is 0 Å². The molecule has 2 rings (SSSR count). The van der Waals surface area contributed by atoms with Crippen LogP contribution in [0.5, 0.6) is 0 Å². The molecular formula is C11H9ClF3NO. The first-order valence-corrected chi connectivity index (χ1v) is 5.47. The second-order valence-electron chi connectivity index (χ2n) is 3.80. The predicted molar refractivity (Wildman–Crippen MR) is 56.2 cm³/mol. The number of fused-ring (bicyclic) bond motifs is 1. The molecule has 0 saturated heterocycles. The molecule has 17 heavy (non-hydrogen) atoms. The average Bonchev–Trinajstić information content (AvgIpc) is 2.32. The summed E-state index contributed by atoms with van der Waals surface area (Å²) in [5, 5.41) is 0. The monoisotopic (exact) mass is 263 g/mol. The molecule has 0 bridgehead atoms. The summed E-state index contributed by atoms with van der Waals surface area (Å²) in [5.41, 5.74) is -1.80. The first kappa shape index (κ1) is 12.2. The molecule has 1 atom stereocenters. The zero-order valence-electron chi connectivity index (χ0n) is 8.72. The van der Waals surface area contributed by atoms with Crippen LogP contribution in [0.15, 0.2) is 12.1 Å². The summed E-state index contributed by atoms with van der Waals surface area (Å²) in [6, 6.07) is 2.04. The lowest BCUT2D eigenvalue weighted by Crippen LogP contribution is -2.39. The van der Waals surface area contributed by atoms with E-state index in [9.17, 15) is 18.0 Å². The lowest BCUT2D eigenvalue weighted by atomic mass is 9.98. The van der Waals surface area contributed by atoms with Gasteiger partial charge in [-0.2, -0.15) is 0 Å². The molecule has 1 aliphatic rings. The number of rotatable bonds is 1. The van der Waals surface area contributed by atoms with Crippen molar-refractivity contribution >= 4 is 17.5 Å². The van der Waals surface area contributed by atoms with Gasteiger partial charge in [-0.25, -0.2) is 13.2 Å². The lowest BCUT2D eigenvalue weighted by molar-refractivity contribution is -0.134. The van der Waals surface area contributed by atoms with Crippen molar-refractivity contribution in [2.24, 2.45) is 0 Å². The van der Waals surface area contributed by atoms with E-state index >= 15 is 0 Å². The van der Waals surface area contributed by atoms with Crippen LogP contribution in [0.4, 0.5) is 13.2 Å². The Hall–Kier alpha value is -1.23. The molecule has 6 heteroatoms. The fourth-order valence-electron chi connectivity index (χ4n) is 1.92. The number of carbonyl (C=O) groups excluding carboxylic acids is 1. The number of alkyl halides is 2. The maximum absolute atomic E-state index is 13.5. The van der Waals surface area contributed by atoms with Crippen LogP contribution in [0.3, 0.4) is 0 Å². The quantitative estimate of drug-likeness (QED) is 0.713. The van der Waals surface area contributed by atoms with E-state index in [1.54, 1.807) is 0 Å². The average molecular weight is 264 g/mol. The molecular weight excluding hydrogens is 255 g/mol. The summed E-state index contributed by atoms with van der Waals surface area (Å²) < 4.78 is 39.5. The minimum atomic E-state index is -2.15. The van der Waals surface area contributed by atoms with Gasteiger partial charge >= 0.3 is 0 Å². The van der Waals surface area contributed by atoms with Gasteiger partial charge in [0.05, 0.1) is 0 Å². The largest absolute Gasteiger partial charge is 0.334 e. The van der Waals surface area contributed by atoms with E-state index in [-0.39, 0.29) is 30.6 Å². The van der Waals surface area contributed by atoms with E-state index < -0.39 is 23.2 Å². The van der Waals surface area contributed by atoms with Crippen molar-refractivity contribution in [3.05, 3.63) is 34.9 Å². The highest BCUT2D eigenvalue weighted by atomic mass is 35.5. The molecule has 0 aromatic heterocycles. The molecule has 0 fully saturated rings. The first-order chi connectivity index (χ1) is 8.00. The normalized spacial score (nSPS) is 16.6. The molecule has 1 heterocycles. The van der Waals surface area contributed by atoms with Crippen molar-refractivity contribution in [1.82, 2.24) is 4.90 Å². The fourth-order valence-corrected chi connectivity index (χ4v) is 2.06. The molecule has 92 valence electrons. The molecule has 0 saturated carbocycles. The number of hydrogen-bond donors (Lipinski definition) is 0. The topological polar surface area (TPSA) is 20.3 Å². The molecule has 0 radical (unpaired) electrons. The number of hydrogen-bond acceptors (Lipinski definition) is 1. The third kappa shape index (κ3) is 2.24. The van der Waals surface area contributed by atoms with Gasteiger partial charge in [0.1, 0.15) is 11.6 Å². The molecule has 1 unspecified atom stereocenters. The Labute approximate surface area is 101 Å². The van der Waals surface area contributed by atoms with Crippen molar-refractivity contribution in [3.63, 3.8) is 0 Å². The Morgan fingerprint density at radius 2 is 1.88 bits per heavy atom. The van der Waals surface area contributed by atoms with Gasteiger partial charge in [-0.1, -0.05) is 11.6 Å². The molecule has 0 aliphatic carbocycles. The van der Waals surface area contributed by atoms with E-state index in [0.29, 0.717) is 0 Å². The molecule has 0 spiro atoms. The second-order valence-corrected chi connectivity index (χ2v) is 4.18. The van der Waals surface area contributed by atoms with Gasteiger partial charge in [-0.3, -0.25) is 4.79 Å². The standard InChI is InChI=1S/C11H9ClF3NO/c12-10(15)11(17)16-4-3-6-7(5-16)9(14)2-1-8(6)13/h1-2,10H,3-5H2. The Morgan fingerprint density at radius 3 is 2.47 bits per heavy atom. The van der Waals surface area contributed by atoms with Crippen molar-refractivity contribution in [2.45, 2.75) is 18.6 Å². The number of halogens is 4. The summed E-state index contributed by atoms with van der Waals surface area (Å²) >= 11 is 5.03. The van der Waals surface area contributed by atoms with Crippen molar-refractivity contribution in [3.8, 4) is 0 Å². The fraction of sp³-hybridized carbons (Fsp3) is 0.364. The minimum absolute atomic E-state index is 0.0990. The van der Waals surface area contributed by atoms with Gasteiger partial charge in [0.25, 0.3) is 11.5 Å². The van der Waals surface area contributed by atoms with Crippen molar-refractivity contribution in [2.75, 3.05) is 6.54 Å². The summed E-state index contributed by atoms with van der Waals surface area (Å²) in [6.07, 6.45) is 0.161. The number of benzene rings is 1. The van der Waals surface area contributed by atoms with Gasteiger partial charge in [0.15, 0.2) is 0 Å². The molecule has 1 aromatic carbocycles. The molecule has 0 N–H and O–H groups in total. The lowest BCUT2D eigenvalue weighted by Gasteiger charge is -2.29. The summed E-state index contributed by atoms with van der Waals surface area (Å²) in [6.45, 7) is -0.00968. The van der Waals surface area contributed by atoms with Crippen LogP contribution in [0.1, 0.15) is 11.1 Å². The van der Waals surface area contributed by atoms with Crippen LogP contribution >= 0.6 is 11.6 Å².